The lowest BCUT2D eigenvalue weighted by molar-refractivity contribution is -0.149. The zero-order valence-electron chi connectivity index (χ0n) is 16.3. The van der Waals surface area contributed by atoms with Crippen LogP contribution in [0.1, 0.15) is 20.8 Å². The number of ether oxygens (including phenoxy) is 1. The normalized spacial score (nSPS) is 12.4. The van der Waals surface area contributed by atoms with Crippen LogP contribution in [0.25, 0.3) is 0 Å². The van der Waals surface area contributed by atoms with E-state index < -0.39 is 34.5 Å². The Kier molecular flexibility index (Phi) is 7.78. The second-order valence-corrected chi connectivity index (χ2v) is 8.75. The summed E-state index contributed by atoms with van der Waals surface area (Å²) in [6.45, 7) is 4.53. The Balaban J connectivity index is 1.98. The summed E-state index contributed by atoms with van der Waals surface area (Å²) in [6, 6.07) is 13.2. The van der Waals surface area contributed by atoms with Crippen LogP contribution in [0.15, 0.2) is 59.5 Å². The molecule has 2 aromatic rings. The number of esters is 1. The van der Waals surface area contributed by atoms with Crippen molar-refractivity contribution in [2.24, 2.45) is 0 Å². The minimum Gasteiger partial charge on any atom is -0.454 e. The highest BCUT2D eigenvalue weighted by Crippen LogP contribution is 2.17. The third kappa shape index (κ3) is 6.28. The summed E-state index contributed by atoms with van der Waals surface area (Å²) in [5, 5.41) is 0.392. The molecule has 0 saturated heterocycles. The molecule has 0 aliphatic heterocycles. The molecule has 156 valence electrons. The number of rotatable bonds is 8. The van der Waals surface area contributed by atoms with Gasteiger partial charge in [0.25, 0.3) is 5.91 Å². The Labute approximate surface area is 175 Å². The molecule has 7 nitrogen and oxygen atoms in total. The van der Waals surface area contributed by atoms with E-state index in [2.05, 4.69) is 4.72 Å². The summed E-state index contributed by atoms with van der Waals surface area (Å²) in [5.41, 5.74) is 0.681. The molecule has 2 rings (SSSR count). The average molecular weight is 439 g/mol. The van der Waals surface area contributed by atoms with Gasteiger partial charge >= 0.3 is 5.97 Å². The number of sulfonamides is 1. The lowest BCUT2D eigenvalue weighted by Crippen LogP contribution is -2.43. The van der Waals surface area contributed by atoms with Crippen molar-refractivity contribution < 1.29 is 22.7 Å². The zero-order chi connectivity index (χ0) is 21.6. The van der Waals surface area contributed by atoms with Gasteiger partial charge in [-0.3, -0.25) is 9.59 Å². The summed E-state index contributed by atoms with van der Waals surface area (Å²) in [7, 11) is -3.94. The van der Waals surface area contributed by atoms with Crippen molar-refractivity contribution in [2.45, 2.75) is 37.8 Å². The molecule has 0 unspecified atom stereocenters. The largest absolute Gasteiger partial charge is 0.454 e. The standard InChI is InChI=1S/C20H23ClN2O5S/c1-14(2)23(17-7-5-4-6-8-17)19(24)13-28-20(25)15(3)22-29(26,27)18-11-9-16(21)10-12-18/h4-12,14-15,22H,13H2,1-3H3/t15-/m0/s1. The lowest BCUT2D eigenvalue weighted by atomic mass is 10.2. The molecule has 0 saturated carbocycles. The van der Waals surface area contributed by atoms with Crippen molar-refractivity contribution in [2.75, 3.05) is 11.5 Å². The second kappa shape index (κ2) is 9.87. The van der Waals surface area contributed by atoms with Gasteiger partial charge in [0.2, 0.25) is 10.0 Å². The van der Waals surface area contributed by atoms with Gasteiger partial charge in [0, 0.05) is 16.8 Å². The maximum atomic E-state index is 12.5. The fourth-order valence-electron chi connectivity index (χ4n) is 2.61. The van der Waals surface area contributed by atoms with E-state index in [-0.39, 0.29) is 10.9 Å². The number of hydrogen-bond donors (Lipinski definition) is 1. The second-order valence-electron chi connectivity index (χ2n) is 6.60. The molecule has 1 amide bonds. The van der Waals surface area contributed by atoms with E-state index >= 15 is 0 Å². The molecule has 0 fully saturated rings. The average Bonchev–Trinajstić information content (AvgIpc) is 2.66. The van der Waals surface area contributed by atoms with E-state index in [1.54, 1.807) is 24.3 Å². The van der Waals surface area contributed by atoms with Crippen LogP contribution < -0.4 is 9.62 Å². The number of anilines is 1. The molecule has 0 aromatic heterocycles. The number of nitrogens with one attached hydrogen (secondary N) is 1. The third-order valence-electron chi connectivity index (χ3n) is 3.97. The van der Waals surface area contributed by atoms with Gasteiger partial charge in [0.15, 0.2) is 6.61 Å². The molecule has 0 heterocycles. The van der Waals surface area contributed by atoms with Gasteiger partial charge in [-0.2, -0.15) is 4.72 Å². The van der Waals surface area contributed by atoms with Crippen LogP contribution in [0.4, 0.5) is 5.69 Å². The zero-order valence-corrected chi connectivity index (χ0v) is 17.9. The van der Waals surface area contributed by atoms with Crippen LogP contribution in [0.2, 0.25) is 5.02 Å². The quantitative estimate of drug-likeness (QED) is 0.639. The third-order valence-corrected chi connectivity index (χ3v) is 5.78. The summed E-state index contributed by atoms with van der Waals surface area (Å²) in [4.78, 5) is 26.2. The molecule has 29 heavy (non-hydrogen) atoms. The van der Waals surface area contributed by atoms with Crippen LogP contribution in [-0.4, -0.2) is 39.0 Å². The van der Waals surface area contributed by atoms with Crippen molar-refractivity contribution in [1.82, 2.24) is 4.72 Å². The lowest BCUT2D eigenvalue weighted by Gasteiger charge is -2.27. The molecule has 0 aliphatic carbocycles. The number of amides is 1. The highest BCUT2D eigenvalue weighted by Gasteiger charge is 2.25. The van der Waals surface area contributed by atoms with Crippen LogP contribution >= 0.6 is 11.6 Å². The van der Waals surface area contributed by atoms with E-state index in [4.69, 9.17) is 16.3 Å². The van der Waals surface area contributed by atoms with Gasteiger partial charge < -0.3 is 9.64 Å². The molecule has 1 atom stereocenters. The molecule has 9 heteroatoms. The molecule has 0 radical (unpaired) electrons. The first-order valence-corrected chi connectivity index (χ1v) is 10.8. The van der Waals surface area contributed by atoms with Crippen LogP contribution in [0, 0.1) is 0 Å². The first kappa shape index (κ1) is 22.9. The molecule has 0 aliphatic rings. The fourth-order valence-corrected chi connectivity index (χ4v) is 3.93. The fraction of sp³-hybridized carbons (Fsp3) is 0.300. The Morgan fingerprint density at radius 2 is 1.62 bits per heavy atom. The van der Waals surface area contributed by atoms with Crippen molar-refractivity contribution in [3.05, 3.63) is 59.6 Å². The predicted molar refractivity (Wildman–Crippen MR) is 111 cm³/mol. The minimum absolute atomic E-state index is 0.0345. The number of carbonyl (C=O) groups excluding carboxylic acids is 2. The number of halogens is 1. The van der Waals surface area contributed by atoms with Gasteiger partial charge in [0.1, 0.15) is 6.04 Å². The number of para-hydroxylation sites is 1. The molecule has 0 bridgehead atoms. The van der Waals surface area contributed by atoms with E-state index in [9.17, 15) is 18.0 Å². The summed E-state index contributed by atoms with van der Waals surface area (Å²) >= 11 is 5.76. The minimum atomic E-state index is -3.94. The summed E-state index contributed by atoms with van der Waals surface area (Å²) in [5.74, 6) is -1.26. The van der Waals surface area contributed by atoms with Gasteiger partial charge in [-0.25, -0.2) is 8.42 Å². The number of carbonyl (C=O) groups is 2. The Morgan fingerprint density at radius 3 is 2.17 bits per heavy atom. The SMILES string of the molecule is CC(C)N(C(=O)COC(=O)[C@H](C)NS(=O)(=O)c1ccc(Cl)cc1)c1ccccc1. The summed E-state index contributed by atoms with van der Waals surface area (Å²) < 4.78 is 32.0. The Morgan fingerprint density at radius 1 is 1.03 bits per heavy atom. The highest BCUT2D eigenvalue weighted by molar-refractivity contribution is 7.89. The van der Waals surface area contributed by atoms with Crippen LogP contribution in [0.3, 0.4) is 0 Å². The number of nitrogens with zero attached hydrogens (tertiary/aromatic N) is 1. The highest BCUT2D eigenvalue weighted by atomic mass is 35.5. The molecule has 2 aromatic carbocycles. The van der Waals surface area contributed by atoms with Crippen molar-refractivity contribution in [1.29, 1.82) is 0 Å². The molecular formula is C20H23ClN2O5S. The van der Waals surface area contributed by atoms with Gasteiger partial charge in [-0.1, -0.05) is 29.8 Å². The monoisotopic (exact) mass is 438 g/mol. The maximum absolute atomic E-state index is 12.5. The van der Waals surface area contributed by atoms with E-state index in [1.807, 2.05) is 19.9 Å². The van der Waals surface area contributed by atoms with Gasteiger partial charge in [0.05, 0.1) is 4.90 Å². The Bertz CT molecular complexity index is 947. The molecular weight excluding hydrogens is 416 g/mol. The topological polar surface area (TPSA) is 92.8 Å². The summed E-state index contributed by atoms with van der Waals surface area (Å²) in [6.07, 6.45) is 0. The van der Waals surface area contributed by atoms with E-state index in [1.165, 1.54) is 36.1 Å². The van der Waals surface area contributed by atoms with Crippen molar-refractivity contribution in [3.63, 3.8) is 0 Å². The molecule has 1 N–H and O–H groups in total. The first-order valence-electron chi connectivity index (χ1n) is 8.93. The van der Waals surface area contributed by atoms with Crippen LogP contribution in [0.5, 0.6) is 0 Å². The number of hydrogen-bond acceptors (Lipinski definition) is 5. The predicted octanol–water partition coefficient (Wildman–Crippen LogP) is 2.99. The molecule has 0 spiro atoms. The first-order chi connectivity index (χ1) is 13.6. The van der Waals surface area contributed by atoms with Gasteiger partial charge in [-0.15, -0.1) is 0 Å². The van der Waals surface area contributed by atoms with Crippen molar-refractivity contribution >= 4 is 39.2 Å². The van der Waals surface area contributed by atoms with E-state index in [0.29, 0.717) is 10.7 Å². The Hall–Kier alpha value is -2.42. The number of benzene rings is 2. The van der Waals surface area contributed by atoms with E-state index in [0.717, 1.165) is 0 Å². The van der Waals surface area contributed by atoms with Crippen LogP contribution in [-0.2, 0) is 24.3 Å². The smallest absolute Gasteiger partial charge is 0.324 e. The maximum Gasteiger partial charge on any atom is 0.324 e. The van der Waals surface area contributed by atoms with Crippen molar-refractivity contribution in [3.8, 4) is 0 Å². The van der Waals surface area contributed by atoms with Gasteiger partial charge in [-0.05, 0) is 57.2 Å².